The highest BCUT2D eigenvalue weighted by Gasteiger charge is 2.17. The van der Waals surface area contributed by atoms with Gasteiger partial charge >= 0.3 is 0 Å². The van der Waals surface area contributed by atoms with Gasteiger partial charge in [-0.1, -0.05) is 127 Å². The van der Waals surface area contributed by atoms with Crippen LogP contribution in [-0.2, 0) is 0 Å². The Morgan fingerprint density at radius 1 is 0.348 bits per heavy atom. The molecule has 2 heteroatoms. The van der Waals surface area contributed by atoms with Crippen LogP contribution in [0, 0.1) is 0 Å². The van der Waals surface area contributed by atoms with E-state index in [0.717, 1.165) is 44.4 Å². The summed E-state index contributed by atoms with van der Waals surface area (Å²) >= 11 is 0. The summed E-state index contributed by atoms with van der Waals surface area (Å²) in [6.45, 7) is 0. The minimum absolute atomic E-state index is 0.875. The number of rotatable bonds is 5. The molecule has 46 heavy (non-hydrogen) atoms. The van der Waals surface area contributed by atoms with Gasteiger partial charge in [-0.15, -0.1) is 0 Å². The lowest BCUT2D eigenvalue weighted by Crippen LogP contribution is -2.10. The smallest absolute Gasteiger partial charge is 0.143 e. The average Bonchev–Trinajstić information content (AvgIpc) is 3.51. The Hall–Kier alpha value is -6.12. The van der Waals surface area contributed by atoms with Crippen LogP contribution in [0.2, 0.25) is 0 Å². The highest BCUT2D eigenvalue weighted by Crippen LogP contribution is 2.41. The van der Waals surface area contributed by atoms with Gasteiger partial charge in [-0.05, 0) is 80.9 Å². The molecule has 0 amide bonds. The normalized spacial score (nSPS) is 11.5. The number of furan rings is 1. The van der Waals surface area contributed by atoms with Crippen LogP contribution in [-0.4, -0.2) is 0 Å². The summed E-state index contributed by atoms with van der Waals surface area (Å²) in [5.74, 6) is 0. The molecule has 0 fully saturated rings. The van der Waals surface area contributed by atoms with Crippen molar-refractivity contribution in [2.75, 3.05) is 4.90 Å². The maximum absolute atomic E-state index is 6.62. The van der Waals surface area contributed by atoms with Gasteiger partial charge in [-0.25, -0.2) is 0 Å². The van der Waals surface area contributed by atoms with Crippen LogP contribution in [0.1, 0.15) is 0 Å². The van der Waals surface area contributed by atoms with Crippen LogP contribution in [0.15, 0.2) is 180 Å². The molecule has 1 heterocycles. The maximum atomic E-state index is 6.62. The van der Waals surface area contributed by atoms with E-state index in [4.69, 9.17) is 4.42 Å². The lowest BCUT2D eigenvalue weighted by molar-refractivity contribution is 0.672. The van der Waals surface area contributed by atoms with Crippen LogP contribution < -0.4 is 4.90 Å². The van der Waals surface area contributed by atoms with Gasteiger partial charge < -0.3 is 9.32 Å². The molecule has 0 saturated heterocycles. The monoisotopic (exact) mass is 587 g/mol. The molecule has 0 radical (unpaired) electrons. The van der Waals surface area contributed by atoms with Crippen LogP contribution in [0.4, 0.5) is 17.1 Å². The van der Waals surface area contributed by atoms with Gasteiger partial charge in [0, 0.05) is 39.3 Å². The first-order valence-electron chi connectivity index (χ1n) is 15.7. The maximum Gasteiger partial charge on any atom is 0.143 e. The van der Waals surface area contributed by atoms with Crippen molar-refractivity contribution in [2.24, 2.45) is 0 Å². The quantitative estimate of drug-likeness (QED) is 0.199. The molecule has 0 bridgehead atoms. The SMILES string of the molecule is c1ccc(-c2ccc(N(c3cccc(-c4cccc5ccccc45)c3)c3ccc4c(c3)oc3c5ccccc5ccc43)cc2)cc1. The molecule has 0 aliphatic carbocycles. The third kappa shape index (κ3) is 4.43. The van der Waals surface area contributed by atoms with E-state index in [1.54, 1.807) is 0 Å². The standard InChI is InChI=1S/C44H29NO/c1-2-10-30(11-3-1)31-20-23-35(24-21-31)45(36-16-8-15-34(28-36)39-19-9-14-32-12-4-6-17-38(32)39)37-25-27-41-42-26-22-33-13-5-7-18-40(33)44(42)46-43(41)29-37/h1-29H. The molecule has 0 N–H and O–H groups in total. The lowest BCUT2D eigenvalue weighted by Gasteiger charge is -2.26. The van der Waals surface area contributed by atoms with E-state index in [9.17, 15) is 0 Å². The molecule has 0 unspecified atom stereocenters. The molecule has 0 saturated carbocycles. The van der Waals surface area contributed by atoms with Crippen LogP contribution in [0.25, 0.3) is 65.7 Å². The first-order valence-corrected chi connectivity index (χ1v) is 15.7. The van der Waals surface area contributed by atoms with Crippen LogP contribution in [0.5, 0.6) is 0 Å². The largest absolute Gasteiger partial charge is 0.455 e. The fraction of sp³-hybridized carbons (Fsp3) is 0. The van der Waals surface area contributed by atoms with Crippen molar-refractivity contribution in [3.8, 4) is 22.3 Å². The predicted molar refractivity (Wildman–Crippen MR) is 194 cm³/mol. The van der Waals surface area contributed by atoms with E-state index in [-0.39, 0.29) is 0 Å². The van der Waals surface area contributed by atoms with Gasteiger partial charge in [0.2, 0.25) is 0 Å². The van der Waals surface area contributed by atoms with Crippen molar-refractivity contribution in [1.29, 1.82) is 0 Å². The van der Waals surface area contributed by atoms with Crippen LogP contribution >= 0.6 is 0 Å². The van der Waals surface area contributed by atoms with E-state index in [1.165, 1.54) is 38.4 Å². The molecule has 216 valence electrons. The number of hydrogen-bond donors (Lipinski definition) is 0. The van der Waals surface area contributed by atoms with Gasteiger partial charge in [0.15, 0.2) is 0 Å². The molecule has 0 spiro atoms. The van der Waals surface area contributed by atoms with E-state index in [0.29, 0.717) is 0 Å². The first-order chi connectivity index (χ1) is 22.8. The van der Waals surface area contributed by atoms with Crippen molar-refractivity contribution in [3.05, 3.63) is 176 Å². The predicted octanol–water partition coefficient (Wildman–Crippen LogP) is 12.7. The number of hydrogen-bond acceptors (Lipinski definition) is 2. The molecule has 0 atom stereocenters. The molecule has 2 nitrogen and oxygen atoms in total. The van der Waals surface area contributed by atoms with Crippen molar-refractivity contribution in [3.63, 3.8) is 0 Å². The second-order valence-electron chi connectivity index (χ2n) is 11.8. The summed E-state index contributed by atoms with van der Waals surface area (Å²) in [4.78, 5) is 2.33. The fourth-order valence-corrected chi connectivity index (χ4v) is 6.80. The van der Waals surface area contributed by atoms with Gasteiger partial charge in [0.1, 0.15) is 11.2 Å². The van der Waals surface area contributed by atoms with Crippen molar-refractivity contribution < 1.29 is 4.42 Å². The Kier molecular flexibility index (Phi) is 6.17. The third-order valence-corrected chi connectivity index (χ3v) is 9.04. The summed E-state index contributed by atoms with van der Waals surface area (Å²) in [5.41, 5.74) is 9.80. The molecule has 9 aromatic rings. The zero-order valence-electron chi connectivity index (χ0n) is 25.1. The van der Waals surface area contributed by atoms with Gasteiger partial charge in [0.05, 0.1) is 0 Å². The van der Waals surface area contributed by atoms with Gasteiger partial charge in [-0.3, -0.25) is 0 Å². The van der Waals surface area contributed by atoms with Gasteiger partial charge in [-0.2, -0.15) is 0 Å². The molecule has 8 aromatic carbocycles. The number of benzene rings is 8. The molecule has 9 rings (SSSR count). The number of nitrogens with zero attached hydrogens (tertiary/aromatic N) is 1. The minimum atomic E-state index is 0.875. The van der Waals surface area contributed by atoms with E-state index in [1.807, 2.05) is 0 Å². The molecule has 0 aliphatic rings. The Bertz CT molecular complexity index is 2520. The Balaban J connectivity index is 1.22. The van der Waals surface area contributed by atoms with Crippen molar-refractivity contribution in [2.45, 2.75) is 0 Å². The molecular weight excluding hydrogens is 558 g/mol. The summed E-state index contributed by atoms with van der Waals surface area (Å²) in [6, 6.07) is 62.7. The van der Waals surface area contributed by atoms with E-state index >= 15 is 0 Å². The highest BCUT2D eigenvalue weighted by atomic mass is 16.3. The summed E-state index contributed by atoms with van der Waals surface area (Å²) in [6.07, 6.45) is 0. The zero-order chi connectivity index (χ0) is 30.5. The minimum Gasteiger partial charge on any atom is -0.455 e. The zero-order valence-corrected chi connectivity index (χ0v) is 25.1. The lowest BCUT2D eigenvalue weighted by atomic mass is 9.97. The van der Waals surface area contributed by atoms with Crippen LogP contribution in [0.3, 0.4) is 0 Å². The van der Waals surface area contributed by atoms with E-state index in [2.05, 4.69) is 181 Å². The summed E-state index contributed by atoms with van der Waals surface area (Å²) < 4.78 is 6.62. The Labute approximate surface area is 267 Å². The molecule has 0 aliphatic heterocycles. The second kappa shape index (κ2) is 10.8. The fourth-order valence-electron chi connectivity index (χ4n) is 6.80. The van der Waals surface area contributed by atoms with Crippen molar-refractivity contribution in [1.82, 2.24) is 0 Å². The second-order valence-corrected chi connectivity index (χ2v) is 11.8. The third-order valence-electron chi connectivity index (χ3n) is 9.04. The highest BCUT2D eigenvalue weighted by molar-refractivity contribution is 6.15. The average molecular weight is 588 g/mol. The topological polar surface area (TPSA) is 16.4 Å². The van der Waals surface area contributed by atoms with E-state index < -0.39 is 0 Å². The molecule has 1 aromatic heterocycles. The Morgan fingerprint density at radius 2 is 0.957 bits per heavy atom. The molecular formula is C44H29NO. The van der Waals surface area contributed by atoms with Gasteiger partial charge in [0.25, 0.3) is 0 Å². The first kappa shape index (κ1) is 26.3. The number of anilines is 3. The summed E-state index contributed by atoms with van der Waals surface area (Å²) in [7, 11) is 0. The van der Waals surface area contributed by atoms with Crippen molar-refractivity contribution >= 4 is 60.5 Å². The Morgan fingerprint density at radius 3 is 1.80 bits per heavy atom. The number of fused-ring (bicyclic) bond motifs is 6. The summed E-state index contributed by atoms with van der Waals surface area (Å²) in [5, 5.41) is 7.05.